The summed E-state index contributed by atoms with van der Waals surface area (Å²) in [7, 11) is 2.00. The van der Waals surface area contributed by atoms with E-state index < -0.39 is 0 Å². The van der Waals surface area contributed by atoms with Crippen molar-refractivity contribution in [3.63, 3.8) is 0 Å². The van der Waals surface area contributed by atoms with E-state index in [1.165, 1.54) is 0 Å². The monoisotopic (exact) mass is 335 g/mol. The normalized spacial score (nSPS) is 18.8. The number of benzene rings is 2. The van der Waals surface area contributed by atoms with Crippen LogP contribution in [0.3, 0.4) is 0 Å². The zero-order valence-electron chi connectivity index (χ0n) is 14.5. The highest BCUT2D eigenvalue weighted by Crippen LogP contribution is 2.35. The van der Waals surface area contributed by atoms with Crippen LogP contribution >= 0.6 is 0 Å². The lowest BCUT2D eigenvalue weighted by molar-refractivity contribution is 0.0719. The third-order valence-corrected chi connectivity index (χ3v) is 5.11. The molecule has 0 bridgehead atoms. The Morgan fingerprint density at radius 2 is 1.92 bits per heavy atom. The smallest absolute Gasteiger partial charge is 0.257 e. The van der Waals surface area contributed by atoms with Crippen LogP contribution in [0.15, 0.2) is 42.5 Å². The van der Waals surface area contributed by atoms with Crippen molar-refractivity contribution in [3.8, 4) is 0 Å². The van der Waals surface area contributed by atoms with E-state index in [0.717, 1.165) is 36.3 Å². The minimum absolute atomic E-state index is 0.0705. The number of aryl methyl sites for hydroxylation is 1. The van der Waals surface area contributed by atoms with Gasteiger partial charge in [0.15, 0.2) is 0 Å². The topological polar surface area (TPSA) is 52.7 Å². The molecule has 0 saturated carbocycles. The molecule has 2 amide bonds. The number of amides is 2. The molecule has 0 aromatic heterocycles. The molecular formula is C20H21N3O2. The van der Waals surface area contributed by atoms with Crippen LogP contribution in [0.25, 0.3) is 0 Å². The van der Waals surface area contributed by atoms with Crippen LogP contribution in [-0.4, -0.2) is 36.5 Å². The number of hydrogen-bond acceptors (Lipinski definition) is 3. The van der Waals surface area contributed by atoms with Crippen LogP contribution in [0, 0.1) is 6.92 Å². The zero-order valence-corrected chi connectivity index (χ0v) is 14.5. The lowest BCUT2D eigenvalue weighted by Gasteiger charge is -2.40. The second-order valence-corrected chi connectivity index (χ2v) is 6.78. The van der Waals surface area contributed by atoms with Gasteiger partial charge in [-0.25, -0.2) is 0 Å². The van der Waals surface area contributed by atoms with E-state index in [1.807, 2.05) is 49.2 Å². The summed E-state index contributed by atoms with van der Waals surface area (Å²) in [5.41, 5.74) is 3.98. The summed E-state index contributed by atoms with van der Waals surface area (Å²) < 4.78 is 0. The second kappa shape index (κ2) is 5.92. The van der Waals surface area contributed by atoms with E-state index in [4.69, 9.17) is 0 Å². The highest BCUT2D eigenvalue weighted by atomic mass is 16.2. The van der Waals surface area contributed by atoms with Crippen LogP contribution in [0.4, 0.5) is 11.4 Å². The molecule has 2 aliphatic heterocycles. The molecule has 2 aliphatic rings. The average Bonchev–Trinajstić information content (AvgIpc) is 3.11. The fourth-order valence-electron chi connectivity index (χ4n) is 3.69. The highest BCUT2D eigenvalue weighted by molar-refractivity contribution is 6.08. The number of fused-ring (bicyclic) bond motifs is 2. The standard InChI is InChI=1S/C20H21N3O2/c1-13-5-8-15(9-6-13)21-19(24)14-7-10-16-17(12-14)22(2)18-4-3-11-23(18)20(16)25/h5-10,12,18H,3-4,11H2,1-2H3,(H,21,24)/t18-/m0/s1. The molecule has 25 heavy (non-hydrogen) atoms. The summed E-state index contributed by atoms with van der Waals surface area (Å²) in [6.07, 6.45) is 2.10. The fraction of sp³-hybridized carbons (Fsp3) is 0.300. The number of carbonyl (C=O) groups excluding carboxylic acids is 2. The summed E-state index contributed by atoms with van der Waals surface area (Å²) in [4.78, 5) is 29.3. The predicted octanol–water partition coefficient (Wildman–Crippen LogP) is 3.26. The Morgan fingerprint density at radius 3 is 2.68 bits per heavy atom. The predicted molar refractivity (Wildman–Crippen MR) is 98.0 cm³/mol. The molecule has 1 atom stereocenters. The molecule has 1 saturated heterocycles. The molecule has 2 aromatic rings. The van der Waals surface area contributed by atoms with Crippen molar-refractivity contribution >= 4 is 23.2 Å². The summed E-state index contributed by atoms with van der Waals surface area (Å²) in [6, 6.07) is 13.0. The molecule has 5 nitrogen and oxygen atoms in total. The molecular weight excluding hydrogens is 314 g/mol. The van der Waals surface area contributed by atoms with Gasteiger partial charge in [-0.15, -0.1) is 0 Å². The van der Waals surface area contributed by atoms with Gasteiger partial charge in [-0.05, 0) is 50.1 Å². The quantitative estimate of drug-likeness (QED) is 0.916. The van der Waals surface area contributed by atoms with Crippen molar-refractivity contribution in [2.75, 3.05) is 23.8 Å². The Bertz CT molecular complexity index is 845. The molecule has 0 aliphatic carbocycles. The molecule has 2 heterocycles. The van der Waals surface area contributed by atoms with Gasteiger partial charge in [0, 0.05) is 24.8 Å². The van der Waals surface area contributed by atoms with Crippen LogP contribution < -0.4 is 10.2 Å². The van der Waals surface area contributed by atoms with Crippen molar-refractivity contribution in [2.24, 2.45) is 0 Å². The first-order chi connectivity index (χ1) is 12.0. The van der Waals surface area contributed by atoms with Gasteiger partial charge in [0.25, 0.3) is 11.8 Å². The van der Waals surface area contributed by atoms with E-state index in [1.54, 1.807) is 12.1 Å². The molecule has 128 valence electrons. The van der Waals surface area contributed by atoms with Gasteiger partial charge in [-0.2, -0.15) is 0 Å². The number of hydrogen-bond donors (Lipinski definition) is 1. The molecule has 1 N–H and O–H groups in total. The first kappa shape index (κ1) is 15.7. The minimum atomic E-state index is -0.165. The SMILES string of the molecule is Cc1ccc(NC(=O)c2ccc3c(c2)N(C)[C@@H]2CCCN2C3=O)cc1. The van der Waals surface area contributed by atoms with E-state index in [9.17, 15) is 9.59 Å². The summed E-state index contributed by atoms with van der Waals surface area (Å²) in [6.45, 7) is 2.82. The van der Waals surface area contributed by atoms with Gasteiger partial charge in [0.2, 0.25) is 0 Å². The average molecular weight is 335 g/mol. The molecule has 0 unspecified atom stereocenters. The maximum Gasteiger partial charge on any atom is 0.257 e. The Labute approximate surface area is 147 Å². The lowest BCUT2D eigenvalue weighted by Crippen LogP contribution is -2.50. The number of anilines is 2. The fourth-order valence-corrected chi connectivity index (χ4v) is 3.69. The maximum atomic E-state index is 12.6. The summed E-state index contributed by atoms with van der Waals surface area (Å²) in [5.74, 6) is -0.0950. The molecule has 0 radical (unpaired) electrons. The molecule has 1 fully saturated rings. The zero-order chi connectivity index (χ0) is 17.6. The Hall–Kier alpha value is -2.82. The van der Waals surface area contributed by atoms with Crippen molar-refractivity contribution in [3.05, 3.63) is 59.2 Å². The van der Waals surface area contributed by atoms with Gasteiger partial charge >= 0.3 is 0 Å². The van der Waals surface area contributed by atoms with E-state index in [-0.39, 0.29) is 18.0 Å². The second-order valence-electron chi connectivity index (χ2n) is 6.78. The maximum absolute atomic E-state index is 12.6. The summed E-state index contributed by atoms with van der Waals surface area (Å²) in [5, 5.41) is 2.91. The first-order valence-electron chi connectivity index (χ1n) is 8.60. The Morgan fingerprint density at radius 1 is 1.16 bits per heavy atom. The number of rotatable bonds is 2. The van der Waals surface area contributed by atoms with Gasteiger partial charge in [-0.1, -0.05) is 17.7 Å². The van der Waals surface area contributed by atoms with Crippen LogP contribution in [0.1, 0.15) is 39.1 Å². The van der Waals surface area contributed by atoms with Gasteiger partial charge < -0.3 is 15.1 Å². The van der Waals surface area contributed by atoms with Crippen molar-refractivity contribution in [1.82, 2.24) is 4.90 Å². The van der Waals surface area contributed by atoms with Crippen LogP contribution in [0.5, 0.6) is 0 Å². The van der Waals surface area contributed by atoms with Crippen molar-refractivity contribution in [2.45, 2.75) is 25.9 Å². The van der Waals surface area contributed by atoms with Crippen LogP contribution in [-0.2, 0) is 0 Å². The number of carbonyl (C=O) groups is 2. The van der Waals surface area contributed by atoms with Gasteiger partial charge in [0.05, 0.1) is 11.3 Å². The largest absolute Gasteiger partial charge is 0.354 e. The highest BCUT2D eigenvalue weighted by Gasteiger charge is 2.38. The van der Waals surface area contributed by atoms with Crippen molar-refractivity contribution < 1.29 is 9.59 Å². The van der Waals surface area contributed by atoms with E-state index >= 15 is 0 Å². The lowest BCUT2D eigenvalue weighted by atomic mass is 10.0. The third kappa shape index (κ3) is 2.65. The number of nitrogens with one attached hydrogen (secondary N) is 1. The third-order valence-electron chi connectivity index (χ3n) is 5.11. The van der Waals surface area contributed by atoms with E-state index in [0.29, 0.717) is 11.1 Å². The Balaban J connectivity index is 1.62. The number of nitrogens with zero attached hydrogens (tertiary/aromatic N) is 2. The molecule has 2 aromatic carbocycles. The first-order valence-corrected chi connectivity index (χ1v) is 8.60. The van der Waals surface area contributed by atoms with E-state index in [2.05, 4.69) is 10.2 Å². The van der Waals surface area contributed by atoms with Crippen LogP contribution in [0.2, 0.25) is 0 Å². The summed E-state index contributed by atoms with van der Waals surface area (Å²) >= 11 is 0. The Kier molecular flexibility index (Phi) is 3.71. The van der Waals surface area contributed by atoms with Gasteiger partial charge in [-0.3, -0.25) is 9.59 Å². The molecule has 5 heteroatoms. The minimum Gasteiger partial charge on any atom is -0.354 e. The molecule has 0 spiro atoms. The van der Waals surface area contributed by atoms with Gasteiger partial charge in [0.1, 0.15) is 6.17 Å². The molecule has 4 rings (SSSR count). The van der Waals surface area contributed by atoms with Crippen molar-refractivity contribution in [1.29, 1.82) is 0 Å².